The minimum Gasteiger partial charge on any atom is -0.152 e. The molecule has 0 radical (unpaired) electrons. The standard InChI is InChI=1S/C21H36S3/c1-4-17-22-20-15-13-11-9-7-8-10-12-14-16-21(20,23-18-5-2)24-19-6-3/h4-6,20H,1-3,7-19H2. The van der Waals surface area contributed by atoms with Crippen molar-refractivity contribution in [1.82, 2.24) is 0 Å². The molecule has 1 fully saturated rings. The summed E-state index contributed by atoms with van der Waals surface area (Å²) in [4.78, 5) is 0. The molecule has 138 valence electrons. The van der Waals surface area contributed by atoms with Crippen LogP contribution in [0.15, 0.2) is 38.0 Å². The SMILES string of the molecule is C=CCSC1CCCCCCCCCCC1(SCC=C)SCC=C. The molecule has 0 aromatic carbocycles. The van der Waals surface area contributed by atoms with Gasteiger partial charge in [-0.25, -0.2) is 0 Å². The Bertz CT molecular complexity index is 339. The smallest absolute Gasteiger partial charge is 0.0735 e. The van der Waals surface area contributed by atoms with E-state index in [2.05, 4.69) is 73.3 Å². The summed E-state index contributed by atoms with van der Waals surface area (Å²) in [5, 5.41) is 0.699. The van der Waals surface area contributed by atoms with E-state index < -0.39 is 0 Å². The summed E-state index contributed by atoms with van der Waals surface area (Å²) in [5.41, 5.74) is 0. The van der Waals surface area contributed by atoms with E-state index >= 15 is 0 Å². The molecule has 1 atom stereocenters. The van der Waals surface area contributed by atoms with Gasteiger partial charge in [0.15, 0.2) is 0 Å². The minimum atomic E-state index is 0.301. The number of hydrogen-bond acceptors (Lipinski definition) is 3. The Labute approximate surface area is 163 Å². The Kier molecular flexibility index (Phi) is 13.4. The first-order chi connectivity index (χ1) is 11.8. The third kappa shape index (κ3) is 8.58. The van der Waals surface area contributed by atoms with E-state index in [1.165, 1.54) is 64.2 Å². The van der Waals surface area contributed by atoms with Gasteiger partial charge in [-0.1, -0.05) is 69.6 Å². The van der Waals surface area contributed by atoms with Crippen LogP contribution in [0.2, 0.25) is 0 Å². The Balaban J connectivity index is 2.94. The second-order valence-corrected chi connectivity index (χ2v) is 10.7. The molecule has 1 aliphatic rings. The third-order valence-corrected chi connectivity index (χ3v) is 9.77. The van der Waals surface area contributed by atoms with Crippen LogP contribution in [-0.2, 0) is 0 Å². The van der Waals surface area contributed by atoms with Crippen LogP contribution in [0, 0.1) is 0 Å². The topological polar surface area (TPSA) is 0 Å². The van der Waals surface area contributed by atoms with E-state index in [0.29, 0.717) is 9.33 Å². The fourth-order valence-electron chi connectivity index (χ4n) is 3.31. The number of hydrogen-bond donors (Lipinski definition) is 0. The van der Waals surface area contributed by atoms with E-state index in [9.17, 15) is 0 Å². The van der Waals surface area contributed by atoms with Gasteiger partial charge in [-0.05, 0) is 12.8 Å². The third-order valence-electron chi connectivity index (χ3n) is 4.54. The molecule has 0 aliphatic heterocycles. The molecule has 1 unspecified atom stereocenters. The molecule has 0 saturated heterocycles. The number of thioether (sulfide) groups is 3. The molecule has 1 saturated carbocycles. The summed E-state index contributed by atoms with van der Waals surface area (Å²) >= 11 is 6.40. The highest BCUT2D eigenvalue weighted by Crippen LogP contribution is 2.50. The van der Waals surface area contributed by atoms with Gasteiger partial charge in [0.25, 0.3) is 0 Å². The Morgan fingerprint density at radius 2 is 1.21 bits per heavy atom. The molecule has 24 heavy (non-hydrogen) atoms. The van der Waals surface area contributed by atoms with Gasteiger partial charge in [-0.3, -0.25) is 0 Å². The van der Waals surface area contributed by atoms with Crippen LogP contribution in [0.25, 0.3) is 0 Å². The second kappa shape index (κ2) is 14.4. The number of rotatable bonds is 9. The Hall–Kier alpha value is 0.270. The van der Waals surface area contributed by atoms with Gasteiger partial charge in [-0.15, -0.1) is 43.3 Å². The van der Waals surface area contributed by atoms with Gasteiger partial charge < -0.3 is 0 Å². The van der Waals surface area contributed by atoms with E-state index in [-0.39, 0.29) is 0 Å². The molecule has 0 N–H and O–H groups in total. The maximum absolute atomic E-state index is 3.97. The minimum absolute atomic E-state index is 0.301. The van der Waals surface area contributed by atoms with Crippen LogP contribution in [0.5, 0.6) is 0 Å². The van der Waals surface area contributed by atoms with Crippen molar-refractivity contribution >= 4 is 35.3 Å². The highest BCUT2D eigenvalue weighted by atomic mass is 32.2. The zero-order valence-corrected chi connectivity index (χ0v) is 17.8. The van der Waals surface area contributed by atoms with Crippen LogP contribution in [0.4, 0.5) is 0 Å². The molecule has 0 bridgehead atoms. The van der Waals surface area contributed by atoms with Crippen molar-refractivity contribution in [1.29, 1.82) is 0 Å². The highest BCUT2D eigenvalue weighted by Gasteiger charge is 2.38. The molecule has 0 aromatic rings. The summed E-state index contributed by atoms with van der Waals surface area (Å²) in [5.74, 6) is 3.17. The Morgan fingerprint density at radius 1 is 0.708 bits per heavy atom. The average Bonchev–Trinajstić information content (AvgIpc) is 2.59. The quantitative estimate of drug-likeness (QED) is 0.295. The van der Waals surface area contributed by atoms with Crippen molar-refractivity contribution in [2.45, 2.75) is 73.5 Å². The van der Waals surface area contributed by atoms with E-state index in [4.69, 9.17) is 0 Å². The van der Waals surface area contributed by atoms with Crippen LogP contribution >= 0.6 is 35.3 Å². The predicted molar refractivity (Wildman–Crippen MR) is 121 cm³/mol. The van der Waals surface area contributed by atoms with Crippen LogP contribution in [-0.4, -0.2) is 26.6 Å². The van der Waals surface area contributed by atoms with E-state index in [1.807, 2.05) is 0 Å². The normalized spacial score (nSPS) is 22.8. The first-order valence-corrected chi connectivity index (χ1v) is 12.5. The first-order valence-electron chi connectivity index (χ1n) is 9.51. The van der Waals surface area contributed by atoms with Crippen molar-refractivity contribution in [3.63, 3.8) is 0 Å². The molecular weight excluding hydrogens is 348 g/mol. The molecule has 0 spiro atoms. The molecule has 1 aliphatic carbocycles. The van der Waals surface area contributed by atoms with E-state index in [0.717, 1.165) is 17.3 Å². The van der Waals surface area contributed by atoms with E-state index in [1.54, 1.807) is 0 Å². The second-order valence-electron chi connectivity index (χ2n) is 6.49. The van der Waals surface area contributed by atoms with Gasteiger partial charge in [0.05, 0.1) is 4.08 Å². The lowest BCUT2D eigenvalue weighted by atomic mass is 10.00. The fourth-order valence-corrected chi connectivity index (χ4v) is 7.93. The zero-order valence-electron chi connectivity index (χ0n) is 15.3. The lowest BCUT2D eigenvalue weighted by Gasteiger charge is -2.40. The predicted octanol–water partition coefficient (Wildman–Crippen LogP) is 7.72. The van der Waals surface area contributed by atoms with Gasteiger partial charge in [-0.2, -0.15) is 11.8 Å². The lowest BCUT2D eigenvalue weighted by Crippen LogP contribution is -2.35. The molecule has 1 rings (SSSR count). The summed E-state index contributed by atoms with van der Waals surface area (Å²) in [6.07, 6.45) is 20.1. The molecule has 0 amide bonds. The largest absolute Gasteiger partial charge is 0.152 e. The van der Waals surface area contributed by atoms with Crippen molar-refractivity contribution in [3.05, 3.63) is 38.0 Å². The summed E-state index contributed by atoms with van der Waals surface area (Å²) in [6, 6.07) is 0. The van der Waals surface area contributed by atoms with Gasteiger partial charge in [0.1, 0.15) is 0 Å². The fraction of sp³-hybridized carbons (Fsp3) is 0.714. The summed E-state index contributed by atoms with van der Waals surface area (Å²) in [6.45, 7) is 11.9. The lowest BCUT2D eigenvalue weighted by molar-refractivity contribution is 0.504. The van der Waals surface area contributed by atoms with Gasteiger partial charge in [0.2, 0.25) is 0 Å². The monoisotopic (exact) mass is 384 g/mol. The van der Waals surface area contributed by atoms with Crippen molar-refractivity contribution in [2.24, 2.45) is 0 Å². The van der Waals surface area contributed by atoms with Crippen molar-refractivity contribution in [2.75, 3.05) is 17.3 Å². The maximum atomic E-state index is 3.97. The van der Waals surface area contributed by atoms with Gasteiger partial charge in [0, 0.05) is 22.5 Å². The summed E-state index contributed by atoms with van der Waals surface area (Å²) in [7, 11) is 0. The molecule has 0 nitrogen and oxygen atoms in total. The molecule has 0 heterocycles. The maximum Gasteiger partial charge on any atom is 0.0735 e. The van der Waals surface area contributed by atoms with Crippen molar-refractivity contribution < 1.29 is 0 Å². The Morgan fingerprint density at radius 3 is 1.75 bits per heavy atom. The summed E-state index contributed by atoms with van der Waals surface area (Å²) < 4.78 is 0.301. The van der Waals surface area contributed by atoms with Crippen molar-refractivity contribution in [3.8, 4) is 0 Å². The van der Waals surface area contributed by atoms with Crippen LogP contribution in [0.1, 0.15) is 64.2 Å². The van der Waals surface area contributed by atoms with Crippen LogP contribution in [0.3, 0.4) is 0 Å². The average molecular weight is 385 g/mol. The van der Waals surface area contributed by atoms with Gasteiger partial charge >= 0.3 is 0 Å². The molecule has 0 aromatic heterocycles. The van der Waals surface area contributed by atoms with Crippen LogP contribution < -0.4 is 0 Å². The molecular formula is C21H36S3. The highest BCUT2D eigenvalue weighted by molar-refractivity contribution is 8.19. The first kappa shape index (κ1) is 22.3. The molecule has 3 heteroatoms. The zero-order chi connectivity index (χ0) is 17.5.